The maximum absolute atomic E-state index is 12.1. The van der Waals surface area contributed by atoms with E-state index >= 15 is 0 Å². The van der Waals surface area contributed by atoms with Crippen LogP contribution < -0.4 is 15.1 Å². The Morgan fingerprint density at radius 2 is 1.70 bits per heavy atom. The van der Waals surface area contributed by atoms with Crippen molar-refractivity contribution in [3.8, 4) is 11.5 Å². The number of esters is 2. The van der Waals surface area contributed by atoms with Crippen molar-refractivity contribution >= 4 is 22.9 Å². The van der Waals surface area contributed by atoms with Crippen molar-refractivity contribution in [2.45, 2.75) is 26.7 Å². The first-order chi connectivity index (χ1) is 14.4. The molecule has 1 aromatic heterocycles. The highest BCUT2D eigenvalue weighted by molar-refractivity contribution is 5.93. The second-order valence-corrected chi connectivity index (χ2v) is 6.85. The molecule has 3 aromatic rings. The van der Waals surface area contributed by atoms with Crippen LogP contribution in [-0.4, -0.2) is 25.2 Å². The molecule has 3 rings (SSSR count). The van der Waals surface area contributed by atoms with Crippen molar-refractivity contribution in [1.82, 2.24) is 0 Å². The van der Waals surface area contributed by atoms with E-state index in [1.165, 1.54) is 23.8 Å². The van der Waals surface area contributed by atoms with Gasteiger partial charge in [-0.15, -0.1) is 0 Å². The molecule has 156 valence electrons. The summed E-state index contributed by atoms with van der Waals surface area (Å²) < 4.78 is 20.7. The zero-order valence-electron chi connectivity index (χ0n) is 17.0. The minimum Gasteiger partial charge on any atom is -0.482 e. The van der Waals surface area contributed by atoms with Crippen molar-refractivity contribution in [3.63, 3.8) is 0 Å². The van der Waals surface area contributed by atoms with Crippen molar-refractivity contribution in [2.75, 3.05) is 13.2 Å². The normalized spacial score (nSPS) is 10.8. The van der Waals surface area contributed by atoms with E-state index in [4.69, 9.17) is 18.6 Å². The highest BCUT2D eigenvalue weighted by Gasteiger charge is 2.15. The summed E-state index contributed by atoms with van der Waals surface area (Å²) in [6, 6.07) is 13.4. The quantitative estimate of drug-likeness (QED) is 0.329. The molecule has 7 heteroatoms. The van der Waals surface area contributed by atoms with Crippen LogP contribution in [0.1, 0.15) is 42.6 Å². The molecule has 0 atom stereocenters. The fraction of sp³-hybridized carbons (Fsp3) is 0.261. The van der Waals surface area contributed by atoms with Gasteiger partial charge in [-0.1, -0.05) is 26.0 Å². The number of rotatable bonds is 7. The molecule has 7 nitrogen and oxygen atoms in total. The summed E-state index contributed by atoms with van der Waals surface area (Å²) in [5, 5.41) is 0.499. The lowest BCUT2D eigenvalue weighted by Crippen LogP contribution is -2.18. The van der Waals surface area contributed by atoms with Gasteiger partial charge in [-0.2, -0.15) is 0 Å². The van der Waals surface area contributed by atoms with Gasteiger partial charge in [0.15, 0.2) is 6.61 Å². The molecular formula is C23H22O7. The molecule has 2 aromatic carbocycles. The van der Waals surface area contributed by atoms with E-state index in [1.54, 1.807) is 25.1 Å². The number of carbonyl (C=O) groups is 2. The van der Waals surface area contributed by atoms with Gasteiger partial charge in [0, 0.05) is 11.5 Å². The summed E-state index contributed by atoms with van der Waals surface area (Å²) in [6.45, 7) is 5.71. The summed E-state index contributed by atoms with van der Waals surface area (Å²) in [4.78, 5) is 35.9. The van der Waals surface area contributed by atoms with Gasteiger partial charge in [0.25, 0.3) is 0 Å². The Morgan fingerprint density at radius 1 is 1.00 bits per heavy atom. The Hall–Kier alpha value is -3.61. The van der Waals surface area contributed by atoms with Gasteiger partial charge in [-0.05, 0) is 48.7 Å². The number of ether oxygens (including phenoxy) is 3. The first kappa shape index (κ1) is 21.1. The third-order valence-electron chi connectivity index (χ3n) is 4.34. The van der Waals surface area contributed by atoms with Crippen molar-refractivity contribution < 1.29 is 28.2 Å². The van der Waals surface area contributed by atoms with E-state index in [0.29, 0.717) is 17.1 Å². The zero-order chi connectivity index (χ0) is 21.7. The number of hydrogen-bond acceptors (Lipinski definition) is 7. The summed E-state index contributed by atoms with van der Waals surface area (Å²) in [6.07, 6.45) is 0. The molecule has 0 aliphatic rings. The molecule has 0 bridgehead atoms. The van der Waals surface area contributed by atoms with E-state index in [1.807, 2.05) is 12.1 Å². The maximum Gasteiger partial charge on any atom is 0.351 e. The molecule has 0 spiro atoms. The summed E-state index contributed by atoms with van der Waals surface area (Å²) in [5.74, 6) is -0.189. The van der Waals surface area contributed by atoms with Crippen molar-refractivity contribution in [2.24, 2.45) is 0 Å². The van der Waals surface area contributed by atoms with Crippen LogP contribution in [0, 0.1) is 0 Å². The molecule has 0 saturated heterocycles. The number of carbonyl (C=O) groups excluding carboxylic acids is 2. The van der Waals surface area contributed by atoms with Crippen molar-refractivity contribution in [3.05, 3.63) is 70.1 Å². The smallest absolute Gasteiger partial charge is 0.351 e. The molecule has 0 saturated carbocycles. The Balaban J connectivity index is 1.66. The lowest BCUT2D eigenvalue weighted by atomic mass is 10.0. The lowest BCUT2D eigenvalue weighted by molar-refractivity contribution is -0.136. The highest BCUT2D eigenvalue weighted by atomic mass is 16.6. The van der Waals surface area contributed by atoms with Crippen LogP contribution in [0.15, 0.2) is 57.7 Å². The molecule has 0 aliphatic heterocycles. The summed E-state index contributed by atoms with van der Waals surface area (Å²) in [5.41, 5.74) is 0.348. The van der Waals surface area contributed by atoms with Crippen LogP contribution in [0.4, 0.5) is 0 Å². The van der Waals surface area contributed by atoms with E-state index < -0.39 is 17.6 Å². The number of hydrogen-bond donors (Lipinski definition) is 0. The van der Waals surface area contributed by atoms with Gasteiger partial charge in [0.2, 0.25) is 0 Å². The minimum absolute atomic E-state index is 0.148. The molecule has 0 radical (unpaired) electrons. The number of fused-ring (bicyclic) bond motifs is 1. The Morgan fingerprint density at radius 3 is 2.37 bits per heavy atom. The molecule has 0 amide bonds. The minimum atomic E-state index is -0.822. The fourth-order valence-corrected chi connectivity index (χ4v) is 2.76. The molecular weight excluding hydrogens is 388 g/mol. The van der Waals surface area contributed by atoms with E-state index in [-0.39, 0.29) is 30.1 Å². The van der Waals surface area contributed by atoms with Crippen LogP contribution in [0.25, 0.3) is 11.0 Å². The Labute approximate surface area is 173 Å². The summed E-state index contributed by atoms with van der Waals surface area (Å²) >= 11 is 0. The van der Waals surface area contributed by atoms with Crippen LogP contribution in [0.2, 0.25) is 0 Å². The van der Waals surface area contributed by atoms with Gasteiger partial charge >= 0.3 is 17.6 Å². The van der Waals surface area contributed by atoms with Crippen LogP contribution >= 0.6 is 0 Å². The third-order valence-corrected chi connectivity index (χ3v) is 4.34. The van der Waals surface area contributed by atoms with Crippen LogP contribution in [0.5, 0.6) is 11.5 Å². The van der Waals surface area contributed by atoms with Crippen LogP contribution in [0.3, 0.4) is 0 Å². The predicted molar refractivity (Wildman–Crippen MR) is 110 cm³/mol. The SMILES string of the molecule is CCOC(=O)c1cc2ccc(OC(=O)COc3ccc(C(C)C)cc3)cc2oc1=O. The second kappa shape index (κ2) is 9.26. The monoisotopic (exact) mass is 410 g/mol. The molecule has 0 unspecified atom stereocenters. The largest absolute Gasteiger partial charge is 0.482 e. The molecule has 30 heavy (non-hydrogen) atoms. The van der Waals surface area contributed by atoms with Crippen LogP contribution in [-0.2, 0) is 9.53 Å². The third kappa shape index (κ3) is 5.05. The second-order valence-electron chi connectivity index (χ2n) is 6.85. The van der Waals surface area contributed by atoms with E-state index in [0.717, 1.165) is 0 Å². The van der Waals surface area contributed by atoms with Gasteiger partial charge in [0.1, 0.15) is 22.6 Å². The zero-order valence-corrected chi connectivity index (χ0v) is 17.0. The molecule has 1 heterocycles. The summed E-state index contributed by atoms with van der Waals surface area (Å²) in [7, 11) is 0. The van der Waals surface area contributed by atoms with Gasteiger partial charge in [-0.25, -0.2) is 14.4 Å². The molecule has 0 N–H and O–H groups in total. The standard InChI is InChI=1S/C23H22O7/c1-4-27-22(25)19-11-16-7-10-18(12-20(16)30-23(19)26)29-21(24)13-28-17-8-5-15(6-9-17)14(2)3/h5-12,14H,4,13H2,1-3H3. The predicted octanol–water partition coefficient (Wildman–Crippen LogP) is 4.08. The first-order valence-electron chi connectivity index (χ1n) is 9.56. The average Bonchev–Trinajstić information content (AvgIpc) is 2.72. The average molecular weight is 410 g/mol. The highest BCUT2D eigenvalue weighted by Crippen LogP contribution is 2.22. The first-order valence-corrected chi connectivity index (χ1v) is 9.56. The van der Waals surface area contributed by atoms with E-state index in [9.17, 15) is 14.4 Å². The number of benzene rings is 2. The van der Waals surface area contributed by atoms with E-state index in [2.05, 4.69) is 13.8 Å². The molecule has 0 fully saturated rings. The fourth-order valence-electron chi connectivity index (χ4n) is 2.76. The maximum atomic E-state index is 12.1. The topological polar surface area (TPSA) is 92.0 Å². The Kier molecular flexibility index (Phi) is 6.51. The Bertz CT molecular complexity index is 1110. The van der Waals surface area contributed by atoms with Gasteiger partial charge < -0.3 is 18.6 Å². The van der Waals surface area contributed by atoms with Gasteiger partial charge in [0.05, 0.1) is 6.61 Å². The van der Waals surface area contributed by atoms with Crippen molar-refractivity contribution in [1.29, 1.82) is 0 Å². The van der Waals surface area contributed by atoms with Gasteiger partial charge in [-0.3, -0.25) is 0 Å². The lowest BCUT2D eigenvalue weighted by Gasteiger charge is -2.09. The molecule has 0 aliphatic carbocycles.